The highest BCUT2D eigenvalue weighted by Gasteiger charge is 2.40. The van der Waals surface area contributed by atoms with Crippen LogP contribution in [0.3, 0.4) is 0 Å². The highest BCUT2D eigenvalue weighted by molar-refractivity contribution is 7.81. The van der Waals surface area contributed by atoms with Gasteiger partial charge in [0, 0.05) is 0 Å². The van der Waals surface area contributed by atoms with Gasteiger partial charge in [0.2, 0.25) is 20.8 Å². The van der Waals surface area contributed by atoms with E-state index in [1.807, 2.05) is 0 Å². The maximum absolute atomic E-state index is 11.4. The third-order valence-corrected chi connectivity index (χ3v) is 10.8. The standard InChI is InChI=1S/C24H43Cl7O8S2/c1-2-3-4-5-8-12-15-19(26)21(28)23(39-41(35,36)37)22(29)20(27)18(25)14-11-9-6-7-10-13-16-24(30,31)17-38-40(32,33)34/h18-23H,2-17H2,1H3,(H,32,33,34)(H,35,36,37)/p-2/t18-,19+,20+,21-,22-,23-/m1/s1. The Morgan fingerprint density at radius 1 is 0.634 bits per heavy atom. The van der Waals surface area contributed by atoms with Crippen LogP contribution in [0.25, 0.3) is 0 Å². The van der Waals surface area contributed by atoms with Crippen molar-refractivity contribution in [2.45, 2.75) is 141 Å². The fourth-order valence-electron chi connectivity index (χ4n) is 4.10. The number of rotatable bonds is 26. The molecule has 17 heteroatoms. The number of hydrogen-bond donors (Lipinski definition) is 0. The largest absolute Gasteiger partial charge is 0.726 e. The van der Waals surface area contributed by atoms with Gasteiger partial charge in [0.05, 0.1) is 33.5 Å². The molecule has 0 spiro atoms. The van der Waals surface area contributed by atoms with E-state index in [1.54, 1.807) is 0 Å². The lowest BCUT2D eigenvalue weighted by Crippen LogP contribution is -2.46. The molecule has 6 atom stereocenters. The van der Waals surface area contributed by atoms with Crippen molar-refractivity contribution in [1.82, 2.24) is 0 Å². The summed E-state index contributed by atoms with van der Waals surface area (Å²) in [5, 5.41) is -4.57. The van der Waals surface area contributed by atoms with E-state index in [0.29, 0.717) is 25.7 Å². The molecular formula is C24H41Cl7O8S2-2. The third kappa shape index (κ3) is 22.9. The van der Waals surface area contributed by atoms with Gasteiger partial charge in [-0.3, -0.25) is 8.37 Å². The molecule has 0 unspecified atom stereocenters. The van der Waals surface area contributed by atoms with E-state index in [2.05, 4.69) is 11.1 Å². The monoisotopic (exact) mass is 766 g/mol. The van der Waals surface area contributed by atoms with Crippen LogP contribution in [0, 0.1) is 0 Å². The number of unbranched alkanes of at least 4 members (excludes halogenated alkanes) is 10. The lowest BCUT2D eigenvalue weighted by atomic mass is 9.99. The zero-order valence-corrected chi connectivity index (χ0v) is 29.9. The first kappa shape index (κ1) is 42.8. The zero-order valence-electron chi connectivity index (χ0n) is 23.0. The zero-order chi connectivity index (χ0) is 31.7. The molecule has 0 aliphatic heterocycles. The van der Waals surface area contributed by atoms with E-state index in [9.17, 15) is 25.9 Å². The highest BCUT2D eigenvalue weighted by atomic mass is 35.5. The van der Waals surface area contributed by atoms with Gasteiger partial charge in [-0.2, -0.15) is 0 Å². The molecule has 0 saturated carbocycles. The Hall–Kier alpha value is 1.77. The minimum atomic E-state index is -5.14. The van der Waals surface area contributed by atoms with E-state index in [0.717, 1.165) is 64.2 Å². The smallest absolute Gasteiger partial charge is 0.218 e. The molecule has 41 heavy (non-hydrogen) atoms. The summed E-state index contributed by atoms with van der Waals surface area (Å²) in [4.78, 5) is 0. The molecule has 0 aromatic carbocycles. The number of hydrogen-bond acceptors (Lipinski definition) is 8. The average molecular weight is 770 g/mol. The molecule has 0 bridgehead atoms. The maximum atomic E-state index is 11.4. The van der Waals surface area contributed by atoms with E-state index in [1.165, 1.54) is 0 Å². The normalized spacial score (nSPS) is 17.6. The number of alkyl halides is 7. The van der Waals surface area contributed by atoms with E-state index >= 15 is 0 Å². The van der Waals surface area contributed by atoms with Crippen LogP contribution >= 0.6 is 81.2 Å². The lowest BCUT2D eigenvalue weighted by Gasteiger charge is -2.33. The maximum Gasteiger partial charge on any atom is 0.218 e. The molecule has 0 amide bonds. The van der Waals surface area contributed by atoms with Gasteiger partial charge < -0.3 is 9.11 Å². The van der Waals surface area contributed by atoms with Crippen LogP contribution in [0.1, 0.15) is 103 Å². The topological polar surface area (TPSA) is 133 Å². The van der Waals surface area contributed by atoms with Crippen LogP contribution in [0.5, 0.6) is 0 Å². The van der Waals surface area contributed by atoms with Crippen LogP contribution in [0.15, 0.2) is 0 Å². The van der Waals surface area contributed by atoms with Gasteiger partial charge in [-0.05, 0) is 19.3 Å². The second-order valence-corrected chi connectivity index (χ2v) is 16.4. The van der Waals surface area contributed by atoms with Crippen LogP contribution in [-0.4, -0.2) is 69.9 Å². The molecule has 8 nitrogen and oxygen atoms in total. The van der Waals surface area contributed by atoms with Crippen molar-refractivity contribution in [1.29, 1.82) is 0 Å². The summed E-state index contributed by atoms with van der Waals surface area (Å²) >= 11 is 44.2. The third-order valence-electron chi connectivity index (χ3n) is 6.37. The predicted octanol–water partition coefficient (Wildman–Crippen LogP) is 8.39. The van der Waals surface area contributed by atoms with Gasteiger partial charge in [0.15, 0.2) is 0 Å². The summed E-state index contributed by atoms with van der Waals surface area (Å²) in [6, 6.07) is 0. The first-order chi connectivity index (χ1) is 18.9. The quantitative estimate of drug-likeness (QED) is 0.0371. The van der Waals surface area contributed by atoms with Gasteiger partial charge in [-0.1, -0.05) is 107 Å². The van der Waals surface area contributed by atoms with Crippen molar-refractivity contribution < 1.29 is 34.3 Å². The second-order valence-electron chi connectivity index (χ2n) is 10.1. The summed E-state index contributed by atoms with van der Waals surface area (Å²) in [6.07, 6.45) is 10.6. The average Bonchev–Trinajstić information content (AvgIpc) is 2.87. The summed E-state index contributed by atoms with van der Waals surface area (Å²) in [5.41, 5.74) is 0. The summed E-state index contributed by atoms with van der Waals surface area (Å²) in [5.74, 6) is 0. The van der Waals surface area contributed by atoms with Crippen molar-refractivity contribution in [2.24, 2.45) is 0 Å². The lowest BCUT2D eigenvalue weighted by molar-refractivity contribution is 0.163. The predicted molar refractivity (Wildman–Crippen MR) is 168 cm³/mol. The van der Waals surface area contributed by atoms with Crippen molar-refractivity contribution in [3.05, 3.63) is 0 Å². The van der Waals surface area contributed by atoms with E-state index < -0.39 is 64.7 Å². The summed E-state index contributed by atoms with van der Waals surface area (Å²) in [6.45, 7) is 1.52. The fraction of sp³-hybridized carbons (Fsp3) is 1.00. The molecule has 0 radical (unpaired) electrons. The second kappa shape index (κ2) is 22.3. The molecular weight excluding hydrogens is 729 g/mol. The molecule has 0 fully saturated rings. The molecule has 0 aromatic heterocycles. The Balaban J connectivity index is 4.59. The van der Waals surface area contributed by atoms with Crippen LogP contribution in [-0.2, 0) is 29.2 Å². The highest BCUT2D eigenvalue weighted by Crippen LogP contribution is 2.33. The van der Waals surface area contributed by atoms with Gasteiger partial charge in [0.25, 0.3) is 0 Å². The molecule has 248 valence electrons. The molecule has 0 rings (SSSR count). The molecule has 0 aliphatic carbocycles. The van der Waals surface area contributed by atoms with Gasteiger partial charge >= 0.3 is 0 Å². The van der Waals surface area contributed by atoms with Crippen molar-refractivity contribution in [2.75, 3.05) is 6.61 Å². The Labute approximate surface area is 281 Å². The first-order valence-corrected chi connectivity index (χ1v) is 19.3. The fourth-order valence-corrected chi connectivity index (χ4v) is 7.33. The minimum Gasteiger partial charge on any atom is -0.726 e. The Kier molecular flexibility index (Phi) is 23.3. The van der Waals surface area contributed by atoms with Gasteiger partial charge in [-0.15, -0.1) is 58.0 Å². The summed E-state index contributed by atoms with van der Waals surface area (Å²) < 4.78 is 73.1. The Bertz CT molecular complexity index is 896. The SMILES string of the molecule is CCCCCCCC[C@H](Cl)[C@@H](Cl)[C@@H](OS(=O)(=O)[O-])[C@H](Cl)[C@@H](Cl)[C@H](Cl)CCCCCCCCC(Cl)(Cl)COS(=O)(=O)[O-]. The molecule has 0 N–H and O–H groups in total. The van der Waals surface area contributed by atoms with E-state index in [-0.39, 0.29) is 6.42 Å². The Morgan fingerprint density at radius 2 is 1.07 bits per heavy atom. The van der Waals surface area contributed by atoms with Crippen LogP contribution in [0.4, 0.5) is 0 Å². The van der Waals surface area contributed by atoms with Gasteiger partial charge in [0.1, 0.15) is 10.4 Å². The van der Waals surface area contributed by atoms with Crippen molar-refractivity contribution in [3.8, 4) is 0 Å². The minimum absolute atomic E-state index is 0.256. The Morgan fingerprint density at radius 3 is 1.54 bits per heavy atom. The van der Waals surface area contributed by atoms with Crippen LogP contribution < -0.4 is 0 Å². The molecule has 0 heterocycles. The van der Waals surface area contributed by atoms with Crippen molar-refractivity contribution in [3.63, 3.8) is 0 Å². The first-order valence-electron chi connectivity index (χ1n) is 13.7. The molecule has 0 saturated heterocycles. The summed E-state index contributed by atoms with van der Waals surface area (Å²) in [7, 11) is -9.99. The molecule has 0 aromatic rings. The van der Waals surface area contributed by atoms with Crippen molar-refractivity contribution >= 4 is 102 Å². The van der Waals surface area contributed by atoms with E-state index in [4.69, 9.17) is 85.4 Å². The van der Waals surface area contributed by atoms with Crippen LogP contribution in [0.2, 0.25) is 0 Å². The van der Waals surface area contributed by atoms with Gasteiger partial charge in [-0.25, -0.2) is 16.8 Å². The number of halogens is 7. The molecule has 0 aliphatic rings.